The van der Waals surface area contributed by atoms with Crippen LogP contribution in [0.3, 0.4) is 0 Å². The maximum Gasteiger partial charge on any atom is 0.325 e. The standard InChI is InChI=1S/C30H33NO7S/c1-7-14-36-26-18(2)19(3)27-23(20(26)4)12-13-30(5,38-27)17-37-22-10-8-21(9-11-22)15-24-28(33)31(29(34)39-24)16-25(32)35-6/h7-11,15H,1,12-14,16-17H2,2-6H3. The molecule has 0 bridgehead atoms. The molecule has 39 heavy (non-hydrogen) atoms. The van der Waals surface area contributed by atoms with Gasteiger partial charge in [0.05, 0.1) is 12.0 Å². The van der Waals surface area contributed by atoms with E-state index in [0.29, 0.717) is 19.0 Å². The number of methoxy groups -OCH3 is 1. The summed E-state index contributed by atoms with van der Waals surface area (Å²) < 4.78 is 23.2. The second-order valence-electron chi connectivity index (χ2n) is 9.87. The molecule has 2 aromatic carbocycles. The van der Waals surface area contributed by atoms with Crippen molar-refractivity contribution in [2.75, 3.05) is 26.9 Å². The van der Waals surface area contributed by atoms with Crippen LogP contribution in [0.4, 0.5) is 4.79 Å². The first-order valence-corrected chi connectivity index (χ1v) is 13.5. The molecule has 1 saturated heterocycles. The highest BCUT2D eigenvalue weighted by Crippen LogP contribution is 2.44. The molecule has 2 aliphatic rings. The van der Waals surface area contributed by atoms with Crippen LogP contribution in [0.1, 0.15) is 41.2 Å². The highest BCUT2D eigenvalue weighted by Gasteiger charge is 2.37. The average Bonchev–Trinajstić information content (AvgIpc) is 3.18. The van der Waals surface area contributed by atoms with E-state index < -0.39 is 29.3 Å². The minimum absolute atomic E-state index is 0.248. The molecule has 2 heterocycles. The Kier molecular flexibility index (Phi) is 8.39. The Morgan fingerprint density at radius 2 is 1.85 bits per heavy atom. The predicted octanol–water partition coefficient (Wildman–Crippen LogP) is 5.55. The molecule has 0 aromatic heterocycles. The first-order chi connectivity index (χ1) is 18.6. The summed E-state index contributed by atoms with van der Waals surface area (Å²) in [5.41, 5.74) is 4.65. The van der Waals surface area contributed by atoms with Gasteiger partial charge in [0, 0.05) is 5.56 Å². The van der Waals surface area contributed by atoms with E-state index in [2.05, 4.69) is 32.1 Å². The van der Waals surface area contributed by atoms with Crippen LogP contribution >= 0.6 is 11.8 Å². The van der Waals surface area contributed by atoms with Gasteiger partial charge in [0.25, 0.3) is 11.1 Å². The lowest BCUT2D eigenvalue weighted by atomic mass is 9.87. The summed E-state index contributed by atoms with van der Waals surface area (Å²) in [4.78, 5) is 37.3. The number of imide groups is 1. The van der Waals surface area contributed by atoms with Gasteiger partial charge < -0.3 is 18.9 Å². The lowest BCUT2D eigenvalue weighted by molar-refractivity contribution is -0.143. The molecule has 0 spiro atoms. The lowest BCUT2D eigenvalue weighted by Gasteiger charge is -2.38. The molecule has 1 atom stereocenters. The van der Waals surface area contributed by atoms with Gasteiger partial charge in [-0.05, 0) is 92.8 Å². The highest BCUT2D eigenvalue weighted by atomic mass is 32.2. The number of ether oxygens (including phenoxy) is 4. The third kappa shape index (κ3) is 5.98. The first kappa shape index (κ1) is 28.3. The average molecular weight is 552 g/mol. The molecule has 0 radical (unpaired) electrons. The first-order valence-electron chi connectivity index (χ1n) is 12.7. The summed E-state index contributed by atoms with van der Waals surface area (Å²) in [5, 5.41) is -0.500. The number of hydrogen-bond donors (Lipinski definition) is 0. The summed E-state index contributed by atoms with van der Waals surface area (Å²) in [6, 6.07) is 7.25. The van der Waals surface area contributed by atoms with E-state index >= 15 is 0 Å². The van der Waals surface area contributed by atoms with E-state index in [0.717, 1.165) is 63.3 Å². The van der Waals surface area contributed by atoms with Crippen LogP contribution in [-0.2, 0) is 20.7 Å². The van der Waals surface area contributed by atoms with Gasteiger partial charge in [0.1, 0.15) is 42.6 Å². The summed E-state index contributed by atoms with van der Waals surface area (Å²) >= 11 is 0.795. The van der Waals surface area contributed by atoms with E-state index in [-0.39, 0.29) is 4.91 Å². The fourth-order valence-electron chi connectivity index (χ4n) is 4.62. The van der Waals surface area contributed by atoms with E-state index in [4.69, 9.17) is 14.2 Å². The second-order valence-corrected chi connectivity index (χ2v) is 10.9. The smallest absolute Gasteiger partial charge is 0.325 e. The van der Waals surface area contributed by atoms with Gasteiger partial charge in [-0.15, -0.1) is 0 Å². The van der Waals surface area contributed by atoms with E-state index in [9.17, 15) is 14.4 Å². The van der Waals surface area contributed by atoms with E-state index in [1.807, 2.05) is 31.2 Å². The third-order valence-electron chi connectivity index (χ3n) is 7.02. The van der Waals surface area contributed by atoms with Gasteiger partial charge in [-0.25, -0.2) is 0 Å². The highest BCUT2D eigenvalue weighted by molar-refractivity contribution is 8.18. The van der Waals surface area contributed by atoms with Crippen LogP contribution in [0.15, 0.2) is 41.8 Å². The van der Waals surface area contributed by atoms with Crippen molar-refractivity contribution in [3.63, 3.8) is 0 Å². The van der Waals surface area contributed by atoms with Crippen LogP contribution < -0.4 is 14.2 Å². The van der Waals surface area contributed by atoms with Crippen molar-refractivity contribution in [3.8, 4) is 17.2 Å². The van der Waals surface area contributed by atoms with Crippen molar-refractivity contribution >= 4 is 35.0 Å². The molecule has 0 saturated carbocycles. The monoisotopic (exact) mass is 551 g/mol. The van der Waals surface area contributed by atoms with Crippen LogP contribution in [0, 0.1) is 20.8 Å². The van der Waals surface area contributed by atoms with Gasteiger partial charge in [-0.1, -0.05) is 24.8 Å². The Labute approximate surface area is 232 Å². The number of esters is 1. The molecule has 2 amide bonds. The lowest BCUT2D eigenvalue weighted by Crippen LogP contribution is -2.42. The van der Waals surface area contributed by atoms with Crippen molar-refractivity contribution < 1.29 is 33.3 Å². The van der Waals surface area contributed by atoms with Crippen molar-refractivity contribution in [2.45, 2.75) is 46.1 Å². The number of thioether (sulfide) groups is 1. The Balaban J connectivity index is 1.42. The summed E-state index contributed by atoms with van der Waals surface area (Å²) in [6.07, 6.45) is 5.02. The zero-order chi connectivity index (χ0) is 28.3. The van der Waals surface area contributed by atoms with Crippen molar-refractivity contribution in [1.29, 1.82) is 0 Å². The van der Waals surface area contributed by atoms with Crippen molar-refractivity contribution in [3.05, 3.63) is 69.6 Å². The Morgan fingerprint density at radius 3 is 2.51 bits per heavy atom. The summed E-state index contributed by atoms with van der Waals surface area (Å²) in [5.74, 6) is 1.31. The topological polar surface area (TPSA) is 91.4 Å². The van der Waals surface area contributed by atoms with Crippen LogP contribution in [-0.4, -0.2) is 54.5 Å². The van der Waals surface area contributed by atoms with Gasteiger partial charge in [-0.3, -0.25) is 19.3 Å². The van der Waals surface area contributed by atoms with E-state index in [1.54, 1.807) is 12.2 Å². The molecule has 2 aliphatic heterocycles. The Morgan fingerprint density at radius 1 is 1.13 bits per heavy atom. The van der Waals surface area contributed by atoms with Gasteiger partial charge >= 0.3 is 5.97 Å². The number of benzene rings is 2. The Hall–Kier alpha value is -3.72. The molecule has 9 heteroatoms. The molecule has 8 nitrogen and oxygen atoms in total. The van der Waals surface area contributed by atoms with Crippen LogP contribution in [0.2, 0.25) is 0 Å². The third-order valence-corrected chi connectivity index (χ3v) is 7.93. The molecule has 0 N–H and O–H groups in total. The summed E-state index contributed by atoms with van der Waals surface area (Å²) in [7, 11) is 1.21. The molecule has 2 aromatic rings. The fourth-order valence-corrected chi connectivity index (χ4v) is 5.46. The fraction of sp³-hybridized carbons (Fsp3) is 0.367. The van der Waals surface area contributed by atoms with Crippen LogP contribution in [0.25, 0.3) is 6.08 Å². The number of nitrogens with zero attached hydrogens (tertiary/aromatic N) is 1. The van der Waals surface area contributed by atoms with Crippen molar-refractivity contribution in [2.24, 2.45) is 0 Å². The minimum Gasteiger partial charge on any atom is -0.489 e. The van der Waals surface area contributed by atoms with Gasteiger partial charge in [-0.2, -0.15) is 0 Å². The molecule has 4 rings (SSSR count). The predicted molar refractivity (Wildman–Crippen MR) is 150 cm³/mol. The van der Waals surface area contributed by atoms with E-state index in [1.165, 1.54) is 12.7 Å². The molecule has 206 valence electrons. The number of fused-ring (bicyclic) bond motifs is 1. The van der Waals surface area contributed by atoms with Crippen LogP contribution in [0.5, 0.6) is 17.2 Å². The minimum atomic E-state index is -0.651. The summed E-state index contributed by atoms with van der Waals surface area (Å²) in [6.45, 7) is 12.4. The zero-order valence-corrected chi connectivity index (χ0v) is 23.7. The number of carbonyl (C=O) groups excluding carboxylic acids is 3. The molecule has 1 unspecified atom stereocenters. The second kappa shape index (κ2) is 11.6. The number of amides is 2. The quantitative estimate of drug-likeness (QED) is 0.228. The zero-order valence-electron chi connectivity index (χ0n) is 22.9. The maximum atomic E-state index is 12.5. The SMILES string of the molecule is C=CCOc1c(C)c(C)c2c(c1C)CCC(C)(COc1ccc(C=C3SC(=O)N(CC(=O)OC)C3=O)cc1)O2. The molecular weight excluding hydrogens is 518 g/mol. The number of carbonyl (C=O) groups is 3. The largest absolute Gasteiger partial charge is 0.489 e. The van der Waals surface area contributed by atoms with Crippen molar-refractivity contribution in [1.82, 2.24) is 4.90 Å². The molecular formula is C30H33NO7S. The maximum absolute atomic E-state index is 12.5. The number of rotatable bonds is 9. The normalized spacial score (nSPS) is 19.5. The number of hydrogen-bond acceptors (Lipinski definition) is 8. The van der Waals surface area contributed by atoms with Gasteiger partial charge in [0.2, 0.25) is 0 Å². The Bertz CT molecular complexity index is 1350. The molecule has 0 aliphatic carbocycles. The van der Waals surface area contributed by atoms with Gasteiger partial charge in [0.15, 0.2) is 0 Å². The molecule has 1 fully saturated rings.